The van der Waals surface area contributed by atoms with Gasteiger partial charge in [-0.15, -0.1) is 11.3 Å². The lowest BCUT2D eigenvalue weighted by Gasteiger charge is -2.14. The number of ether oxygens (including phenoxy) is 1. The predicted octanol–water partition coefficient (Wildman–Crippen LogP) is 1.85. The summed E-state index contributed by atoms with van der Waals surface area (Å²) in [6.07, 6.45) is 2.65. The van der Waals surface area contributed by atoms with Crippen molar-refractivity contribution in [2.75, 3.05) is 20.3 Å². The van der Waals surface area contributed by atoms with Crippen LogP contribution in [0.15, 0.2) is 6.20 Å². The summed E-state index contributed by atoms with van der Waals surface area (Å²) in [4.78, 5) is 17.0. The Balaban J connectivity index is 2.44. The third kappa shape index (κ3) is 4.70. The first-order valence-corrected chi connectivity index (χ1v) is 6.44. The molecule has 0 aliphatic carbocycles. The van der Waals surface area contributed by atoms with Crippen LogP contribution in [-0.2, 0) is 4.74 Å². The fraction of sp³-hybridized carbons (Fsp3) is 0.636. The van der Waals surface area contributed by atoms with Gasteiger partial charge in [0.05, 0.1) is 12.6 Å². The van der Waals surface area contributed by atoms with E-state index in [1.165, 1.54) is 0 Å². The van der Waals surface area contributed by atoms with E-state index in [2.05, 4.69) is 15.6 Å². The second kappa shape index (κ2) is 7.24. The smallest absolute Gasteiger partial charge is 0.315 e. The number of nitrogens with one attached hydrogen (secondary N) is 2. The van der Waals surface area contributed by atoms with Gasteiger partial charge >= 0.3 is 6.03 Å². The molecule has 0 radical (unpaired) electrons. The minimum atomic E-state index is -0.179. The molecule has 1 aromatic heterocycles. The second-order valence-corrected chi connectivity index (χ2v) is 4.93. The van der Waals surface area contributed by atoms with Crippen molar-refractivity contribution in [2.24, 2.45) is 0 Å². The first-order valence-electron chi connectivity index (χ1n) is 5.63. The summed E-state index contributed by atoms with van der Waals surface area (Å²) in [5, 5.41) is 6.58. The number of methoxy groups -OCH3 is 1. The standard InChI is InChI=1S/C11H19N3O2S/c1-4-9(10-13-7-8(2)17-10)14-11(15)12-5-6-16-3/h7,9H,4-6H2,1-3H3,(H2,12,14,15). The Morgan fingerprint density at radius 1 is 1.65 bits per heavy atom. The van der Waals surface area contributed by atoms with Crippen LogP contribution in [0.4, 0.5) is 4.79 Å². The molecule has 2 amide bonds. The highest BCUT2D eigenvalue weighted by molar-refractivity contribution is 7.11. The summed E-state index contributed by atoms with van der Waals surface area (Å²) in [7, 11) is 1.60. The minimum Gasteiger partial charge on any atom is -0.383 e. The molecule has 6 heteroatoms. The number of rotatable bonds is 6. The lowest BCUT2D eigenvalue weighted by atomic mass is 10.2. The van der Waals surface area contributed by atoms with Crippen LogP contribution in [-0.4, -0.2) is 31.3 Å². The topological polar surface area (TPSA) is 63.2 Å². The average molecular weight is 257 g/mol. The Kier molecular flexibility index (Phi) is 5.93. The van der Waals surface area contributed by atoms with Crippen molar-refractivity contribution in [1.82, 2.24) is 15.6 Å². The quantitative estimate of drug-likeness (QED) is 0.764. The van der Waals surface area contributed by atoms with E-state index in [1.54, 1.807) is 18.4 Å². The van der Waals surface area contributed by atoms with E-state index in [0.29, 0.717) is 13.2 Å². The first-order chi connectivity index (χ1) is 8.17. The Hall–Kier alpha value is -1.14. The monoisotopic (exact) mass is 257 g/mol. The molecule has 2 N–H and O–H groups in total. The molecule has 1 unspecified atom stereocenters. The van der Waals surface area contributed by atoms with Gasteiger partial charge in [-0.25, -0.2) is 9.78 Å². The van der Waals surface area contributed by atoms with Gasteiger partial charge in [0.2, 0.25) is 0 Å². The number of urea groups is 1. The number of thiazole rings is 1. The summed E-state index contributed by atoms with van der Waals surface area (Å²) in [6, 6.07) is -0.196. The average Bonchev–Trinajstić information content (AvgIpc) is 2.73. The lowest BCUT2D eigenvalue weighted by Crippen LogP contribution is -2.39. The van der Waals surface area contributed by atoms with Crippen LogP contribution in [0, 0.1) is 6.92 Å². The van der Waals surface area contributed by atoms with Gasteiger partial charge < -0.3 is 15.4 Å². The van der Waals surface area contributed by atoms with Crippen molar-refractivity contribution >= 4 is 17.4 Å². The van der Waals surface area contributed by atoms with Crippen molar-refractivity contribution in [2.45, 2.75) is 26.3 Å². The third-order valence-corrected chi connectivity index (χ3v) is 3.27. The highest BCUT2D eigenvalue weighted by atomic mass is 32.1. The highest BCUT2D eigenvalue weighted by Gasteiger charge is 2.15. The van der Waals surface area contributed by atoms with Gasteiger partial charge in [-0.3, -0.25) is 0 Å². The van der Waals surface area contributed by atoms with Gasteiger partial charge in [0.1, 0.15) is 5.01 Å². The maximum atomic E-state index is 11.6. The predicted molar refractivity (Wildman–Crippen MR) is 68.3 cm³/mol. The minimum absolute atomic E-state index is 0.0174. The summed E-state index contributed by atoms with van der Waals surface area (Å²) < 4.78 is 4.86. The highest BCUT2D eigenvalue weighted by Crippen LogP contribution is 2.21. The molecule has 0 aromatic carbocycles. The molecule has 0 spiro atoms. The van der Waals surface area contributed by atoms with Gasteiger partial charge in [0.25, 0.3) is 0 Å². The number of carbonyl (C=O) groups is 1. The van der Waals surface area contributed by atoms with Crippen LogP contribution in [0.1, 0.15) is 29.3 Å². The first kappa shape index (κ1) is 13.9. The normalized spacial score (nSPS) is 12.2. The van der Waals surface area contributed by atoms with Crippen LogP contribution < -0.4 is 10.6 Å². The van der Waals surface area contributed by atoms with Crippen LogP contribution in [0.5, 0.6) is 0 Å². The largest absolute Gasteiger partial charge is 0.383 e. The van der Waals surface area contributed by atoms with E-state index in [-0.39, 0.29) is 12.1 Å². The maximum absolute atomic E-state index is 11.6. The number of hydrogen-bond donors (Lipinski definition) is 2. The second-order valence-electron chi connectivity index (χ2n) is 3.66. The SMILES string of the molecule is CCC(NC(=O)NCCOC)c1ncc(C)s1. The molecule has 1 heterocycles. The number of amides is 2. The molecule has 0 fully saturated rings. The molecule has 5 nitrogen and oxygen atoms in total. The number of hydrogen-bond acceptors (Lipinski definition) is 4. The van der Waals surface area contributed by atoms with Crippen molar-refractivity contribution in [3.8, 4) is 0 Å². The molecule has 0 aliphatic heterocycles. The van der Waals surface area contributed by atoms with E-state index in [4.69, 9.17) is 4.74 Å². The molecule has 0 saturated carbocycles. The molecular weight excluding hydrogens is 238 g/mol. The van der Waals surface area contributed by atoms with Crippen molar-refractivity contribution < 1.29 is 9.53 Å². The number of aryl methyl sites for hydroxylation is 1. The number of carbonyl (C=O) groups excluding carboxylic acids is 1. The summed E-state index contributed by atoms with van der Waals surface area (Å²) in [5.41, 5.74) is 0. The fourth-order valence-electron chi connectivity index (χ4n) is 1.35. The van der Waals surface area contributed by atoms with E-state index in [1.807, 2.05) is 20.0 Å². The Morgan fingerprint density at radius 2 is 2.41 bits per heavy atom. The van der Waals surface area contributed by atoms with Crippen molar-refractivity contribution in [3.05, 3.63) is 16.1 Å². The van der Waals surface area contributed by atoms with E-state index in [0.717, 1.165) is 16.3 Å². The van der Waals surface area contributed by atoms with Crippen LogP contribution in [0.3, 0.4) is 0 Å². The molecular formula is C11H19N3O2S. The Bertz CT molecular complexity index is 354. The van der Waals surface area contributed by atoms with Crippen LogP contribution in [0.25, 0.3) is 0 Å². The fourth-order valence-corrected chi connectivity index (χ4v) is 2.26. The van der Waals surface area contributed by atoms with Crippen LogP contribution in [0.2, 0.25) is 0 Å². The van der Waals surface area contributed by atoms with Crippen molar-refractivity contribution in [1.29, 1.82) is 0 Å². The zero-order valence-electron chi connectivity index (χ0n) is 10.4. The zero-order valence-corrected chi connectivity index (χ0v) is 11.3. The maximum Gasteiger partial charge on any atom is 0.315 e. The van der Waals surface area contributed by atoms with Gasteiger partial charge in [-0.1, -0.05) is 6.92 Å². The van der Waals surface area contributed by atoms with E-state index < -0.39 is 0 Å². The van der Waals surface area contributed by atoms with Crippen molar-refractivity contribution in [3.63, 3.8) is 0 Å². The van der Waals surface area contributed by atoms with Gasteiger partial charge in [0, 0.05) is 24.7 Å². The molecule has 1 rings (SSSR count). The van der Waals surface area contributed by atoms with E-state index >= 15 is 0 Å². The van der Waals surface area contributed by atoms with Gasteiger partial charge in [-0.2, -0.15) is 0 Å². The van der Waals surface area contributed by atoms with E-state index in [9.17, 15) is 4.79 Å². The molecule has 0 aliphatic rings. The molecule has 1 aromatic rings. The summed E-state index contributed by atoms with van der Waals surface area (Å²) in [5.74, 6) is 0. The lowest BCUT2D eigenvalue weighted by molar-refractivity contribution is 0.195. The summed E-state index contributed by atoms with van der Waals surface area (Å²) in [6.45, 7) is 5.06. The third-order valence-electron chi connectivity index (χ3n) is 2.24. The molecule has 0 bridgehead atoms. The molecule has 1 atom stereocenters. The van der Waals surface area contributed by atoms with Gasteiger partial charge in [-0.05, 0) is 13.3 Å². The van der Waals surface area contributed by atoms with Crippen LogP contribution >= 0.6 is 11.3 Å². The zero-order chi connectivity index (χ0) is 12.7. The molecule has 17 heavy (non-hydrogen) atoms. The molecule has 0 saturated heterocycles. The Morgan fingerprint density at radius 3 is 2.94 bits per heavy atom. The molecule has 96 valence electrons. The number of aromatic nitrogens is 1. The number of nitrogens with zero attached hydrogens (tertiary/aromatic N) is 1. The summed E-state index contributed by atoms with van der Waals surface area (Å²) >= 11 is 1.61. The van der Waals surface area contributed by atoms with Gasteiger partial charge in [0.15, 0.2) is 0 Å². The Labute approximate surface area is 106 Å².